The van der Waals surface area contributed by atoms with Crippen LogP contribution in [0.4, 0.5) is 0 Å². The van der Waals surface area contributed by atoms with Crippen LogP contribution in [0.3, 0.4) is 0 Å². The van der Waals surface area contributed by atoms with Gasteiger partial charge < -0.3 is 24.6 Å². The Kier molecular flexibility index (Phi) is 5.08. The summed E-state index contributed by atoms with van der Waals surface area (Å²) in [6, 6.07) is 5.32. The summed E-state index contributed by atoms with van der Waals surface area (Å²) in [7, 11) is 0. The van der Waals surface area contributed by atoms with Gasteiger partial charge in [-0.3, -0.25) is 9.59 Å². The molecule has 1 saturated carbocycles. The second-order valence-corrected chi connectivity index (χ2v) is 6.05. The van der Waals surface area contributed by atoms with Crippen LogP contribution in [0.1, 0.15) is 25.7 Å². The highest BCUT2D eigenvalue weighted by Gasteiger charge is 2.30. The molecule has 0 bridgehead atoms. The van der Waals surface area contributed by atoms with E-state index in [4.69, 9.17) is 19.3 Å². The summed E-state index contributed by atoms with van der Waals surface area (Å²) in [5, 5.41) is 11.9. The first kappa shape index (κ1) is 16.4. The third-order valence-corrected chi connectivity index (χ3v) is 4.41. The van der Waals surface area contributed by atoms with E-state index in [2.05, 4.69) is 5.32 Å². The second-order valence-electron chi connectivity index (χ2n) is 6.05. The van der Waals surface area contributed by atoms with Gasteiger partial charge in [0, 0.05) is 12.0 Å². The summed E-state index contributed by atoms with van der Waals surface area (Å²) < 4.78 is 16.1. The molecule has 24 heavy (non-hydrogen) atoms. The van der Waals surface area contributed by atoms with Crippen molar-refractivity contribution in [2.24, 2.45) is 11.8 Å². The Morgan fingerprint density at radius 2 is 2.00 bits per heavy atom. The maximum Gasteiger partial charge on any atom is 0.306 e. The van der Waals surface area contributed by atoms with Gasteiger partial charge in [0.15, 0.2) is 11.5 Å². The average Bonchev–Trinajstić information content (AvgIpc) is 3.06. The van der Waals surface area contributed by atoms with Crippen LogP contribution in [0, 0.1) is 11.8 Å². The number of fused-ring (bicyclic) bond motifs is 1. The van der Waals surface area contributed by atoms with Crippen LogP contribution in [0.15, 0.2) is 18.2 Å². The predicted octanol–water partition coefficient (Wildman–Crippen LogP) is 1.80. The summed E-state index contributed by atoms with van der Waals surface area (Å²) >= 11 is 0. The van der Waals surface area contributed by atoms with Crippen molar-refractivity contribution in [2.75, 3.05) is 19.9 Å². The molecule has 2 atom stereocenters. The molecule has 1 fully saturated rings. The largest absolute Gasteiger partial charge is 0.492 e. The van der Waals surface area contributed by atoms with Gasteiger partial charge in [0.2, 0.25) is 12.7 Å². The molecule has 0 spiro atoms. The average molecular weight is 335 g/mol. The molecule has 1 heterocycles. The molecule has 130 valence electrons. The maximum atomic E-state index is 12.1. The first-order valence-corrected chi connectivity index (χ1v) is 8.16. The molecule has 7 nitrogen and oxygen atoms in total. The molecule has 0 saturated heterocycles. The number of carboxylic acids is 1. The van der Waals surface area contributed by atoms with Crippen LogP contribution in [0.25, 0.3) is 0 Å². The van der Waals surface area contributed by atoms with Crippen LogP contribution in [0.2, 0.25) is 0 Å². The van der Waals surface area contributed by atoms with Crippen LogP contribution < -0.4 is 19.5 Å². The van der Waals surface area contributed by atoms with Crippen molar-refractivity contribution in [1.82, 2.24) is 5.32 Å². The topological polar surface area (TPSA) is 94.1 Å². The quantitative estimate of drug-likeness (QED) is 0.770. The van der Waals surface area contributed by atoms with Crippen molar-refractivity contribution in [3.05, 3.63) is 18.2 Å². The Morgan fingerprint density at radius 1 is 1.21 bits per heavy atom. The van der Waals surface area contributed by atoms with E-state index >= 15 is 0 Å². The minimum absolute atomic E-state index is 0.0877. The molecule has 2 N–H and O–H groups in total. The Hall–Kier alpha value is -2.44. The van der Waals surface area contributed by atoms with Gasteiger partial charge >= 0.3 is 5.97 Å². The van der Waals surface area contributed by atoms with Crippen molar-refractivity contribution in [1.29, 1.82) is 0 Å². The Labute approximate surface area is 139 Å². The molecule has 2 aliphatic rings. The lowest BCUT2D eigenvalue weighted by Crippen LogP contribution is -2.37. The van der Waals surface area contributed by atoms with E-state index in [1.807, 2.05) is 0 Å². The molecule has 1 aliphatic heterocycles. The lowest BCUT2D eigenvalue weighted by atomic mass is 9.81. The summed E-state index contributed by atoms with van der Waals surface area (Å²) in [5.74, 6) is 0.482. The number of hydrogen-bond donors (Lipinski definition) is 2. The van der Waals surface area contributed by atoms with Gasteiger partial charge in [-0.25, -0.2) is 0 Å². The minimum atomic E-state index is -0.807. The molecule has 7 heteroatoms. The monoisotopic (exact) mass is 335 g/mol. The number of benzene rings is 1. The van der Waals surface area contributed by atoms with Crippen LogP contribution >= 0.6 is 0 Å². The van der Waals surface area contributed by atoms with Gasteiger partial charge in [0.05, 0.1) is 12.5 Å². The highest BCUT2D eigenvalue weighted by Crippen LogP contribution is 2.35. The number of nitrogens with one attached hydrogen (secondary N) is 1. The molecule has 2 unspecified atom stereocenters. The molecule has 0 radical (unpaired) electrons. The van der Waals surface area contributed by atoms with E-state index in [1.54, 1.807) is 18.2 Å². The zero-order valence-corrected chi connectivity index (χ0v) is 13.3. The lowest BCUT2D eigenvalue weighted by molar-refractivity contribution is -0.144. The standard InChI is InChI=1S/C17H21NO6/c19-16(11-2-1-3-12(8-11)17(20)21)18-6-7-22-13-4-5-14-15(9-13)24-10-23-14/h4-5,9,11-12H,1-3,6-8,10H2,(H,18,19)(H,20,21). The van der Waals surface area contributed by atoms with Gasteiger partial charge in [-0.2, -0.15) is 0 Å². The van der Waals surface area contributed by atoms with Crippen LogP contribution in [0.5, 0.6) is 17.2 Å². The fraction of sp³-hybridized carbons (Fsp3) is 0.529. The second kappa shape index (κ2) is 7.42. The molecule has 3 rings (SSSR count). The Bertz CT molecular complexity index is 617. The van der Waals surface area contributed by atoms with Gasteiger partial charge in [-0.1, -0.05) is 6.42 Å². The van der Waals surface area contributed by atoms with E-state index < -0.39 is 11.9 Å². The molecule has 1 aromatic rings. The summed E-state index contributed by atoms with van der Waals surface area (Å²) in [4.78, 5) is 23.2. The third-order valence-electron chi connectivity index (χ3n) is 4.41. The van der Waals surface area contributed by atoms with Gasteiger partial charge in [-0.05, 0) is 31.4 Å². The highest BCUT2D eigenvalue weighted by molar-refractivity contribution is 5.80. The molecule has 1 aromatic carbocycles. The van der Waals surface area contributed by atoms with Crippen LogP contribution in [-0.4, -0.2) is 36.9 Å². The first-order chi connectivity index (χ1) is 11.6. The number of amides is 1. The lowest BCUT2D eigenvalue weighted by Gasteiger charge is -2.25. The number of aliphatic carboxylic acids is 1. The molecule has 1 amide bonds. The van der Waals surface area contributed by atoms with Gasteiger partial charge in [0.25, 0.3) is 0 Å². The van der Waals surface area contributed by atoms with E-state index in [0.29, 0.717) is 43.2 Å². The molecular formula is C17H21NO6. The zero-order valence-electron chi connectivity index (χ0n) is 13.3. The summed E-state index contributed by atoms with van der Waals surface area (Å²) in [6.07, 6.45) is 2.61. The van der Waals surface area contributed by atoms with Crippen LogP contribution in [-0.2, 0) is 9.59 Å². The number of carbonyl (C=O) groups is 2. The fourth-order valence-corrected chi connectivity index (χ4v) is 3.11. The zero-order chi connectivity index (χ0) is 16.9. The summed E-state index contributed by atoms with van der Waals surface area (Å²) in [5.41, 5.74) is 0. The van der Waals surface area contributed by atoms with Gasteiger partial charge in [0.1, 0.15) is 12.4 Å². The van der Waals surface area contributed by atoms with Gasteiger partial charge in [-0.15, -0.1) is 0 Å². The smallest absolute Gasteiger partial charge is 0.306 e. The van der Waals surface area contributed by atoms with Crippen molar-refractivity contribution < 1.29 is 28.9 Å². The number of rotatable bonds is 6. The van der Waals surface area contributed by atoms with Crippen molar-refractivity contribution in [3.63, 3.8) is 0 Å². The Balaban J connectivity index is 1.40. The van der Waals surface area contributed by atoms with Crippen molar-refractivity contribution >= 4 is 11.9 Å². The molecule has 0 aromatic heterocycles. The minimum Gasteiger partial charge on any atom is -0.492 e. The number of hydrogen-bond acceptors (Lipinski definition) is 5. The number of carbonyl (C=O) groups excluding carboxylic acids is 1. The summed E-state index contributed by atoms with van der Waals surface area (Å²) in [6.45, 7) is 0.926. The number of ether oxygens (including phenoxy) is 3. The van der Waals surface area contributed by atoms with E-state index in [-0.39, 0.29) is 18.6 Å². The van der Waals surface area contributed by atoms with E-state index in [0.717, 1.165) is 12.8 Å². The third kappa shape index (κ3) is 3.90. The molecular weight excluding hydrogens is 314 g/mol. The Morgan fingerprint density at radius 3 is 2.83 bits per heavy atom. The predicted molar refractivity (Wildman–Crippen MR) is 84.2 cm³/mol. The first-order valence-electron chi connectivity index (χ1n) is 8.16. The highest BCUT2D eigenvalue weighted by atomic mass is 16.7. The molecule has 1 aliphatic carbocycles. The van der Waals surface area contributed by atoms with E-state index in [1.165, 1.54) is 0 Å². The SMILES string of the molecule is O=C(O)C1CCCC(C(=O)NCCOc2ccc3c(c2)OCO3)C1. The maximum absolute atomic E-state index is 12.1. The van der Waals surface area contributed by atoms with Crippen molar-refractivity contribution in [2.45, 2.75) is 25.7 Å². The fourth-order valence-electron chi connectivity index (χ4n) is 3.11. The van der Waals surface area contributed by atoms with Crippen molar-refractivity contribution in [3.8, 4) is 17.2 Å². The van der Waals surface area contributed by atoms with E-state index in [9.17, 15) is 9.59 Å². The number of carboxylic acid groups (broad SMARTS) is 1. The normalized spacial score (nSPS) is 22.0.